The van der Waals surface area contributed by atoms with Gasteiger partial charge in [-0.3, -0.25) is 33.5 Å². The summed E-state index contributed by atoms with van der Waals surface area (Å²) >= 11 is 0. The van der Waals surface area contributed by atoms with Crippen LogP contribution in [-0.4, -0.2) is 140 Å². The summed E-state index contributed by atoms with van der Waals surface area (Å²) in [7, 11) is -2.58. The van der Waals surface area contributed by atoms with Crippen molar-refractivity contribution in [3.63, 3.8) is 0 Å². The molecule has 2 spiro atoms. The van der Waals surface area contributed by atoms with Crippen LogP contribution in [0.1, 0.15) is 155 Å². The summed E-state index contributed by atoms with van der Waals surface area (Å²) in [4.78, 5) is 61.1. The molecule has 0 aromatic heterocycles. The smallest absolute Gasteiger partial charge is 0.341 e. The number of Topliss-reactive ketones (excluding diaryl/α,β-unsaturated/α-hetero) is 1. The zero-order valence-corrected chi connectivity index (χ0v) is 54.0. The van der Waals surface area contributed by atoms with Gasteiger partial charge in [-0.1, -0.05) is 112 Å². The molecule has 1 N–H and O–H groups in total. The van der Waals surface area contributed by atoms with Crippen molar-refractivity contribution in [2.45, 2.75) is 177 Å². The van der Waals surface area contributed by atoms with E-state index >= 15 is 0 Å². The van der Waals surface area contributed by atoms with Crippen molar-refractivity contribution in [2.24, 2.45) is 22.7 Å². The van der Waals surface area contributed by atoms with Gasteiger partial charge in [0.25, 0.3) is 0 Å². The number of hydrogen-bond donors (Lipinski definition) is 1. The van der Waals surface area contributed by atoms with E-state index in [1.165, 1.54) is 87.1 Å². The van der Waals surface area contributed by atoms with Crippen molar-refractivity contribution in [3.05, 3.63) is 83.4 Å². The van der Waals surface area contributed by atoms with E-state index in [-0.39, 0.29) is 66.6 Å². The lowest BCUT2D eigenvalue weighted by atomic mass is 9.76. The fourth-order valence-electron chi connectivity index (χ4n) is 12.0. The van der Waals surface area contributed by atoms with E-state index in [9.17, 15) is 28.5 Å². The maximum absolute atomic E-state index is 12.4. The highest BCUT2D eigenvalue weighted by Crippen LogP contribution is 2.50. The van der Waals surface area contributed by atoms with Crippen LogP contribution in [0.4, 0.5) is 0 Å². The molecule has 2 atom stereocenters. The number of carbonyl (C=O) groups is 5. The summed E-state index contributed by atoms with van der Waals surface area (Å²) in [6.07, 6.45) is 20.9. The van der Waals surface area contributed by atoms with Crippen molar-refractivity contribution in [2.75, 3.05) is 92.0 Å². The quantitative estimate of drug-likeness (QED) is 0.0310. The minimum atomic E-state index is -3.28. The Kier molecular flexibility index (Phi) is 34.8. The van der Waals surface area contributed by atoms with Gasteiger partial charge in [0.15, 0.2) is 0 Å². The lowest BCUT2D eigenvalue weighted by Crippen LogP contribution is -2.40. The molecule has 2 saturated heterocycles. The molecule has 0 bridgehead atoms. The third-order valence-electron chi connectivity index (χ3n) is 15.4. The topological polar surface area (TPSA) is 186 Å². The number of benzene rings is 2. The minimum absolute atomic E-state index is 0.0133. The number of ether oxygens (including phenoxy) is 5. The van der Waals surface area contributed by atoms with Crippen LogP contribution in [0.2, 0.25) is 19.6 Å². The van der Waals surface area contributed by atoms with E-state index in [4.69, 9.17) is 28.0 Å². The summed E-state index contributed by atoms with van der Waals surface area (Å²) in [6.45, 7) is 26.4. The highest BCUT2D eigenvalue weighted by Gasteiger charge is 2.52. The normalized spacial score (nSPS) is 19.5. The van der Waals surface area contributed by atoms with Gasteiger partial charge >= 0.3 is 31.5 Å². The van der Waals surface area contributed by atoms with Gasteiger partial charge in [-0.2, -0.15) is 0 Å². The molecule has 2 aromatic carbocycles. The fraction of sp³-hybridized carbons (Fsp3) is 0.703. The second kappa shape index (κ2) is 39.5. The summed E-state index contributed by atoms with van der Waals surface area (Å²) in [5.74, 6) is -0.0555. The van der Waals surface area contributed by atoms with E-state index < -0.39 is 21.6 Å². The number of nitrogens with zero attached hydrogens (tertiary/aromatic N) is 2. The van der Waals surface area contributed by atoms with Gasteiger partial charge in [0.2, 0.25) is 0 Å². The molecule has 4 saturated carbocycles. The first kappa shape index (κ1) is 72.2. The van der Waals surface area contributed by atoms with Crippen LogP contribution in [0, 0.1) is 22.7 Å². The first-order valence-corrected chi connectivity index (χ1v) is 36.2. The van der Waals surface area contributed by atoms with Crippen molar-refractivity contribution >= 4 is 45.3 Å². The Morgan fingerprint density at radius 1 is 0.659 bits per heavy atom. The Bertz CT molecular complexity index is 2190. The van der Waals surface area contributed by atoms with Gasteiger partial charge in [-0.05, 0) is 134 Å². The standard InChI is InChI=1S/C18H25NO2.C13H23NOSi.C11H19NO2.C9H14O2.C8H17O5P.C5H8O/c1-2-21-17(20)16-13-19(12-15-8-4-3-5-9-15)14-18(16)10-6-7-11-18;1-15-11-14(12-16(2,3)4)10-13-8-6-5-7-9-13;1-2-14-10(13)9-7-12-8-11(9)5-3-4-6-11;1-2-11-9(10)7-8-5-3-4-6-8;1-4-11-8(9)7-14(10,12-5-2)13-6-3;6-5-3-1-2-4-5/h3-5,8-9,16H,2,6-7,10-14H2,1H3;5-9H,10-12H2,1-4H3;9,12H,2-8H2,1H3;7H,2-6H2,1H3;4-7H2,1-3H3;1-4H2. The Morgan fingerprint density at radius 2 is 1.16 bits per heavy atom. The molecule has 18 heteroatoms. The predicted molar refractivity (Wildman–Crippen MR) is 328 cm³/mol. The van der Waals surface area contributed by atoms with Gasteiger partial charge in [-0.25, -0.2) is 4.79 Å². The molecule has 0 amide bonds. The van der Waals surface area contributed by atoms with E-state index in [0.717, 1.165) is 84.5 Å². The summed E-state index contributed by atoms with van der Waals surface area (Å²) in [6, 6.07) is 21.1. The van der Waals surface area contributed by atoms with Crippen LogP contribution < -0.4 is 5.32 Å². The Morgan fingerprint density at radius 3 is 1.63 bits per heavy atom. The largest absolute Gasteiger partial charge is 0.466 e. The first-order valence-electron chi connectivity index (χ1n) is 30.8. The monoisotopic (exact) mass is 1180 g/mol. The fourth-order valence-corrected chi connectivity index (χ4v) is 15.0. The number of allylic oxidation sites excluding steroid dienone is 1. The molecule has 6 aliphatic rings. The molecule has 2 aliphatic heterocycles. The molecule has 2 heterocycles. The molecule has 464 valence electrons. The number of carbonyl (C=O) groups excluding carboxylic acids is 5. The van der Waals surface area contributed by atoms with Crippen molar-refractivity contribution in [1.29, 1.82) is 0 Å². The van der Waals surface area contributed by atoms with Gasteiger partial charge in [0.05, 0.1) is 66.3 Å². The third-order valence-corrected chi connectivity index (χ3v) is 18.8. The van der Waals surface area contributed by atoms with Crippen LogP contribution in [-0.2, 0) is 74.4 Å². The van der Waals surface area contributed by atoms with Crippen molar-refractivity contribution in [1.82, 2.24) is 15.1 Å². The average Bonchev–Trinajstić information content (AvgIpc) is 4.48. The molecule has 2 unspecified atom stereocenters. The van der Waals surface area contributed by atoms with E-state index in [0.29, 0.717) is 25.6 Å². The summed E-state index contributed by atoms with van der Waals surface area (Å²) in [5.41, 5.74) is 4.37. The molecular formula is C64H106N3O13PSi. The molecular weight excluding hydrogens is 1080 g/mol. The van der Waals surface area contributed by atoms with Gasteiger partial charge in [0.1, 0.15) is 11.9 Å². The predicted octanol–water partition coefficient (Wildman–Crippen LogP) is 12.5. The number of hydrogen-bond acceptors (Lipinski definition) is 16. The number of ketones is 1. The molecule has 2 aromatic rings. The maximum atomic E-state index is 12.4. The Labute approximate surface area is 494 Å². The zero-order valence-electron chi connectivity index (χ0n) is 52.1. The maximum Gasteiger partial charge on any atom is 0.341 e. The lowest BCUT2D eigenvalue weighted by molar-refractivity contribution is -0.151. The molecule has 4 aliphatic carbocycles. The van der Waals surface area contributed by atoms with E-state index in [1.54, 1.807) is 34.0 Å². The lowest BCUT2D eigenvalue weighted by Gasteiger charge is -2.28. The molecule has 82 heavy (non-hydrogen) atoms. The summed E-state index contributed by atoms with van der Waals surface area (Å²) < 4.78 is 46.8. The van der Waals surface area contributed by atoms with Gasteiger partial charge in [-0.15, -0.1) is 0 Å². The number of rotatable bonds is 21. The second-order valence-corrected chi connectivity index (χ2v) is 30.9. The zero-order chi connectivity index (χ0) is 60.3. The highest BCUT2D eigenvalue weighted by molar-refractivity contribution is 7.54. The van der Waals surface area contributed by atoms with Crippen LogP contribution >= 0.6 is 7.60 Å². The first-order chi connectivity index (χ1) is 39.3. The summed E-state index contributed by atoms with van der Waals surface area (Å²) in [5, 5.41) is 3.34. The molecule has 16 nitrogen and oxygen atoms in total. The van der Waals surface area contributed by atoms with Crippen LogP contribution in [0.3, 0.4) is 0 Å². The number of likely N-dealkylation sites (tertiary alicyclic amines) is 1. The molecule has 8 rings (SSSR count). The van der Waals surface area contributed by atoms with Crippen LogP contribution in [0.25, 0.3) is 0 Å². The van der Waals surface area contributed by atoms with Crippen LogP contribution in [0.5, 0.6) is 0 Å². The minimum Gasteiger partial charge on any atom is -0.466 e. The number of nitrogens with one attached hydrogen (secondary N) is 1. The van der Waals surface area contributed by atoms with Gasteiger partial charge in [0, 0.05) is 65.3 Å². The van der Waals surface area contributed by atoms with Crippen molar-refractivity contribution < 1.29 is 61.3 Å². The van der Waals surface area contributed by atoms with E-state index in [2.05, 4.69) is 94.1 Å². The van der Waals surface area contributed by atoms with Crippen molar-refractivity contribution in [3.8, 4) is 0 Å². The third kappa shape index (κ3) is 27.3. The number of methoxy groups -OCH3 is 1. The van der Waals surface area contributed by atoms with Crippen LogP contribution in [0.15, 0.2) is 72.3 Å². The molecule has 6 fully saturated rings. The van der Waals surface area contributed by atoms with Gasteiger partial charge < -0.3 is 38.0 Å². The highest BCUT2D eigenvalue weighted by atomic mass is 31.2. The second-order valence-electron chi connectivity index (χ2n) is 23.4. The average molecular weight is 1180 g/mol. The number of esters is 4. The Hall–Kier alpha value is -4.06. The van der Waals surface area contributed by atoms with E-state index in [1.807, 2.05) is 26.8 Å². The molecule has 0 radical (unpaired) electrons. The SMILES string of the molecule is CCOC(=O)C1CN(Cc2ccccc2)CC12CCCC2.CCOC(=O)C1CNCC12CCCC2.CCOC(=O)C=C1CCCC1.CCOC(=O)CP(=O)(OCC)OCC.COCN(Cc1ccccc1)C[Si](C)(C)C.O=C1CCCC1. The Balaban J connectivity index is 0.000000266.